The van der Waals surface area contributed by atoms with Crippen molar-refractivity contribution in [2.45, 2.75) is 0 Å². The van der Waals surface area contributed by atoms with Crippen LogP contribution in [0.5, 0.6) is 0 Å². The lowest BCUT2D eigenvalue weighted by atomic mass is 10.0. The lowest BCUT2D eigenvalue weighted by molar-refractivity contribution is 0.0977. The van der Waals surface area contributed by atoms with Crippen molar-refractivity contribution < 1.29 is 4.79 Å². The van der Waals surface area contributed by atoms with E-state index in [-0.39, 0.29) is 11.0 Å². The van der Waals surface area contributed by atoms with Gasteiger partial charge in [-0.25, -0.2) is 0 Å². The Morgan fingerprint density at radius 3 is 1.92 bits per heavy atom. The largest absolute Gasteiger partial charge is 0.299 e. The van der Waals surface area contributed by atoms with Gasteiger partial charge in [-0.15, -0.1) is 0 Å². The summed E-state index contributed by atoms with van der Waals surface area (Å²) in [5, 5.41) is 2.85. The predicted octanol–water partition coefficient (Wildman–Crippen LogP) is 3.99. The molecule has 1 amide bonds. The molecule has 4 nitrogen and oxygen atoms in total. The SMILES string of the molecule is O=C(NC(=S)NNc1ccccc1)c1ccc(-c2ccccc2)cc1. The highest BCUT2D eigenvalue weighted by Gasteiger charge is 2.08. The number of para-hydroxylation sites is 1. The van der Waals surface area contributed by atoms with Crippen LogP contribution in [0.25, 0.3) is 11.1 Å². The minimum absolute atomic E-state index is 0.209. The molecule has 0 heterocycles. The second kappa shape index (κ2) is 8.08. The zero-order chi connectivity index (χ0) is 17.5. The van der Waals surface area contributed by atoms with E-state index in [9.17, 15) is 4.79 Å². The number of hydrogen-bond donors (Lipinski definition) is 3. The average Bonchev–Trinajstić information content (AvgIpc) is 2.68. The van der Waals surface area contributed by atoms with Crippen LogP contribution in [0.2, 0.25) is 0 Å². The summed E-state index contributed by atoms with van der Waals surface area (Å²) < 4.78 is 0. The fourth-order valence-electron chi connectivity index (χ4n) is 2.30. The van der Waals surface area contributed by atoms with E-state index in [1.807, 2.05) is 72.8 Å². The molecular weight excluding hydrogens is 330 g/mol. The van der Waals surface area contributed by atoms with Crippen LogP contribution >= 0.6 is 12.2 Å². The number of nitrogens with one attached hydrogen (secondary N) is 3. The minimum atomic E-state index is -0.257. The summed E-state index contributed by atoms with van der Waals surface area (Å²) in [5.41, 5.74) is 9.28. The lowest BCUT2D eigenvalue weighted by Crippen LogP contribution is -2.41. The van der Waals surface area contributed by atoms with Crippen LogP contribution in [0.1, 0.15) is 10.4 Å². The van der Waals surface area contributed by atoms with Gasteiger partial charge in [-0.1, -0.05) is 60.7 Å². The van der Waals surface area contributed by atoms with E-state index in [0.29, 0.717) is 5.56 Å². The van der Waals surface area contributed by atoms with Gasteiger partial charge in [0.25, 0.3) is 5.91 Å². The van der Waals surface area contributed by atoms with Gasteiger partial charge in [0.15, 0.2) is 5.11 Å². The van der Waals surface area contributed by atoms with Crippen molar-refractivity contribution in [1.82, 2.24) is 10.7 Å². The minimum Gasteiger partial charge on any atom is -0.299 e. The van der Waals surface area contributed by atoms with E-state index < -0.39 is 0 Å². The summed E-state index contributed by atoms with van der Waals surface area (Å²) >= 11 is 5.13. The zero-order valence-electron chi connectivity index (χ0n) is 13.4. The first-order chi connectivity index (χ1) is 12.2. The van der Waals surface area contributed by atoms with Gasteiger partial charge in [-0.05, 0) is 47.6 Å². The molecule has 5 heteroatoms. The smallest absolute Gasteiger partial charge is 0.257 e. The van der Waals surface area contributed by atoms with E-state index in [2.05, 4.69) is 16.2 Å². The van der Waals surface area contributed by atoms with Crippen LogP contribution in [-0.2, 0) is 0 Å². The van der Waals surface area contributed by atoms with Crippen LogP contribution in [0.3, 0.4) is 0 Å². The molecule has 25 heavy (non-hydrogen) atoms. The molecule has 3 aromatic carbocycles. The number of carbonyl (C=O) groups excluding carboxylic acids is 1. The van der Waals surface area contributed by atoms with Crippen LogP contribution in [0, 0.1) is 0 Å². The van der Waals surface area contributed by atoms with Gasteiger partial charge in [-0.3, -0.25) is 21.0 Å². The standard InChI is InChI=1S/C20H17N3OS/c24-19(21-20(25)23-22-18-9-5-2-6-10-18)17-13-11-16(12-14-17)15-7-3-1-4-8-15/h1-14,22H,(H2,21,23,24,25). The van der Waals surface area contributed by atoms with Crippen molar-refractivity contribution in [2.75, 3.05) is 5.43 Å². The Bertz CT molecular complexity index is 849. The number of anilines is 1. The van der Waals surface area contributed by atoms with Gasteiger partial charge in [0.1, 0.15) is 0 Å². The van der Waals surface area contributed by atoms with Gasteiger partial charge in [0.05, 0.1) is 5.69 Å². The van der Waals surface area contributed by atoms with Crippen molar-refractivity contribution in [2.24, 2.45) is 0 Å². The molecule has 0 radical (unpaired) electrons. The fraction of sp³-hybridized carbons (Fsp3) is 0. The summed E-state index contributed by atoms with van der Waals surface area (Å²) in [5.74, 6) is -0.257. The second-order valence-electron chi connectivity index (χ2n) is 5.34. The molecule has 3 N–H and O–H groups in total. The quantitative estimate of drug-likeness (QED) is 0.493. The number of rotatable bonds is 4. The van der Waals surface area contributed by atoms with Crippen LogP contribution in [-0.4, -0.2) is 11.0 Å². The van der Waals surface area contributed by atoms with Gasteiger partial charge >= 0.3 is 0 Å². The van der Waals surface area contributed by atoms with Crippen molar-refractivity contribution >= 4 is 28.9 Å². The van der Waals surface area contributed by atoms with Gasteiger partial charge in [0.2, 0.25) is 0 Å². The Morgan fingerprint density at radius 1 is 0.720 bits per heavy atom. The van der Waals surface area contributed by atoms with Crippen molar-refractivity contribution in [3.8, 4) is 11.1 Å². The molecule has 0 unspecified atom stereocenters. The van der Waals surface area contributed by atoms with Crippen molar-refractivity contribution in [1.29, 1.82) is 0 Å². The van der Waals surface area contributed by atoms with Crippen LogP contribution in [0.4, 0.5) is 5.69 Å². The highest BCUT2D eigenvalue weighted by Crippen LogP contribution is 2.19. The number of hydrazine groups is 1. The molecular formula is C20H17N3OS. The fourth-order valence-corrected chi connectivity index (χ4v) is 2.45. The van der Waals surface area contributed by atoms with Crippen molar-refractivity contribution in [3.05, 3.63) is 90.5 Å². The Labute approximate surface area is 151 Å². The first-order valence-electron chi connectivity index (χ1n) is 7.80. The third kappa shape index (κ3) is 4.65. The van der Waals surface area contributed by atoms with E-state index >= 15 is 0 Å². The van der Waals surface area contributed by atoms with E-state index in [1.54, 1.807) is 12.1 Å². The first-order valence-corrected chi connectivity index (χ1v) is 8.21. The number of amides is 1. The van der Waals surface area contributed by atoms with Gasteiger partial charge in [-0.2, -0.15) is 0 Å². The zero-order valence-corrected chi connectivity index (χ0v) is 14.2. The van der Waals surface area contributed by atoms with Gasteiger partial charge < -0.3 is 0 Å². The maximum absolute atomic E-state index is 12.2. The normalized spacial score (nSPS) is 9.92. The highest BCUT2D eigenvalue weighted by molar-refractivity contribution is 7.80. The maximum atomic E-state index is 12.2. The number of thiocarbonyl (C=S) groups is 1. The average molecular weight is 347 g/mol. The Balaban J connectivity index is 1.56. The molecule has 0 aliphatic carbocycles. The van der Waals surface area contributed by atoms with E-state index in [4.69, 9.17) is 12.2 Å². The lowest BCUT2D eigenvalue weighted by Gasteiger charge is -2.11. The topological polar surface area (TPSA) is 53.2 Å². The van der Waals surface area contributed by atoms with Crippen LogP contribution in [0.15, 0.2) is 84.9 Å². The number of hydrogen-bond acceptors (Lipinski definition) is 3. The molecule has 0 aliphatic heterocycles. The molecule has 0 aromatic heterocycles. The highest BCUT2D eigenvalue weighted by atomic mass is 32.1. The molecule has 3 rings (SSSR count). The molecule has 0 spiro atoms. The number of benzene rings is 3. The van der Waals surface area contributed by atoms with Crippen molar-refractivity contribution in [3.63, 3.8) is 0 Å². The molecule has 0 bridgehead atoms. The Hall–Kier alpha value is -3.18. The summed E-state index contributed by atoms with van der Waals surface area (Å²) in [6.45, 7) is 0. The monoisotopic (exact) mass is 347 g/mol. The molecule has 0 aliphatic rings. The first kappa shape index (κ1) is 16.7. The summed E-state index contributed by atoms with van der Waals surface area (Å²) in [6, 6.07) is 26.9. The second-order valence-corrected chi connectivity index (χ2v) is 5.75. The van der Waals surface area contributed by atoms with E-state index in [0.717, 1.165) is 16.8 Å². The Kier molecular flexibility index (Phi) is 5.39. The molecule has 124 valence electrons. The number of carbonyl (C=O) groups is 1. The third-order valence-electron chi connectivity index (χ3n) is 3.58. The molecule has 0 saturated heterocycles. The summed E-state index contributed by atoms with van der Waals surface area (Å²) in [6.07, 6.45) is 0. The van der Waals surface area contributed by atoms with E-state index in [1.165, 1.54) is 0 Å². The molecule has 0 atom stereocenters. The summed E-state index contributed by atoms with van der Waals surface area (Å²) in [4.78, 5) is 12.2. The Morgan fingerprint density at radius 2 is 1.28 bits per heavy atom. The molecule has 0 saturated carbocycles. The maximum Gasteiger partial charge on any atom is 0.257 e. The van der Waals surface area contributed by atoms with Gasteiger partial charge in [0, 0.05) is 5.56 Å². The van der Waals surface area contributed by atoms with Crippen LogP contribution < -0.4 is 16.2 Å². The molecule has 3 aromatic rings. The summed E-state index contributed by atoms with van der Waals surface area (Å²) in [7, 11) is 0. The third-order valence-corrected chi connectivity index (χ3v) is 3.78. The molecule has 0 fully saturated rings. The predicted molar refractivity (Wildman–Crippen MR) is 105 cm³/mol.